The Labute approximate surface area is 161 Å². The first-order chi connectivity index (χ1) is 13.3. The Morgan fingerprint density at radius 1 is 1.29 bits per heavy atom. The highest BCUT2D eigenvalue weighted by Crippen LogP contribution is 2.58. The first kappa shape index (κ1) is 17.3. The van der Waals surface area contributed by atoms with Gasteiger partial charge in [-0.25, -0.2) is 0 Å². The fraction of sp³-hybridized carbons (Fsp3) is 0.667. The molecule has 5 fully saturated rings. The van der Waals surface area contributed by atoms with Gasteiger partial charge in [-0.15, -0.1) is 0 Å². The molecule has 1 saturated heterocycles. The topological polar surface area (TPSA) is 123 Å². The minimum Gasteiger partial charge on any atom is -0.336 e. The molecule has 1 N–H and O–H groups in total. The molecular formula is C18H22N6O4. The fourth-order valence-corrected chi connectivity index (χ4v) is 6.05. The average Bonchev–Trinajstić information content (AvgIpc) is 3.18. The molecule has 4 aliphatic carbocycles. The molecule has 0 aromatic carbocycles. The molecule has 1 aliphatic heterocycles. The predicted molar refractivity (Wildman–Crippen MR) is 97.6 cm³/mol. The largest absolute Gasteiger partial charge is 0.336 e. The van der Waals surface area contributed by atoms with Crippen LogP contribution >= 0.6 is 0 Å². The van der Waals surface area contributed by atoms with Crippen LogP contribution in [0.2, 0.25) is 0 Å². The Balaban J connectivity index is 1.51. The lowest BCUT2D eigenvalue weighted by molar-refractivity contribution is -0.385. The van der Waals surface area contributed by atoms with Gasteiger partial charge in [-0.05, 0) is 56.3 Å². The molecule has 0 spiro atoms. The van der Waals surface area contributed by atoms with E-state index in [2.05, 4.69) is 15.4 Å². The molecule has 4 saturated carbocycles. The van der Waals surface area contributed by atoms with E-state index in [1.807, 2.05) is 0 Å². The second-order valence-corrected chi connectivity index (χ2v) is 8.85. The van der Waals surface area contributed by atoms with Crippen LogP contribution in [0.4, 0.5) is 5.69 Å². The van der Waals surface area contributed by atoms with Gasteiger partial charge in [-0.1, -0.05) is 0 Å². The number of carbonyl (C=O) groups is 2. The number of nitrogens with one attached hydrogen (secondary N) is 1. The van der Waals surface area contributed by atoms with Crippen LogP contribution in [0.3, 0.4) is 0 Å². The number of aliphatic imine (C=N–C) groups is 1. The maximum atomic E-state index is 12.7. The van der Waals surface area contributed by atoms with Crippen LogP contribution in [0.15, 0.2) is 11.2 Å². The zero-order valence-corrected chi connectivity index (χ0v) is 15.6. The Bertz CT molecular complexity index is 884. The molecule has 0 unspecified atom stereocenters. The zero-order chi connectivity index (χ0) is 19.6. The number of likely N-dealkylation sites (N-methyl/N-ethyl adjacent to an activating group) is 1. The minimum absolute atomic E-state index is 0.0913. The van der Waals surface area contributed by atoms with Crippen LogP contribution in [0, 0.1) is 27.9 Å². The molecule has 0 radical (unpaired) electrons. The number of nitro groups is 1. The minimum atomic E-state index is -0.806. The summed E-state index contributed by atoms with van der Waals surface area (Å²) in [6.45, 7) is 0.0932. The monoisotopic (exact) mass is 386 g/mol. The summed E-state index contributed by atoms with van der Waals surface area (Å²) in [6, 6.07) is 0. The standard InChI is InChI=1S/C18H22N6O4/c1-22-9-14(25)19-17(22)20-16(26)15-13(24(27)28)8-23(21-15)18-5-10-2-11(6-18)4-12(3-10)7-18/h8,10-12H,2-7,9H2,1H3,(H,19,20,25,26). The second-order valence-electron chi connectivity index (χ2n) is 8.85. The van der Waals surface area contributed by atoms with Gasteiger partial charge in [0.05, 0.1) is 17.0 Å². The number of guanidine groups is 1. The lowest BCUT2D eigenvalue weighted by Gasteiger charge is -2.56. The summed E-state index contributed by atoms with van der Waals surface area (Å²) in [7, 11) is 1.62. The number of nitrogens with zero attached hydrogens (tertiary/aromatic N) is 5. The maximum absolute atomic E-state index is 12.7. The fourth-order valence-electron chi connectivity index (χ4n) is 6.05. The van der Waals surface area contributed by atoms with Crippen molar-refractivity contribution in [3.63, 3.8) is 0 Å². The van der Waals surface area contributed by atoms with Gasteiger partial charge >= 0.3 is 11.6 Å². The molecule has 148 valence electrons. The second kappa shape index (κ2) is 5.86. The first-order valence-electron chi connectivity index (χ1n) is 9.71. The van der Waals surface area contributed by atoms with E-state index in [0.717, 1.165) is 19.3 Å². The summed E-state index contributed by atoms with van der Waals surface area (Å²) in [4.78, 5) is 40.5. The van der Waals surface area contributed by atoms with Gasteiger partial charge in [0.2, 0.25) is 17.6 Å². The van der Waals surface area contributed by atoms with Crippen LogP contribution in [0.1, 0.15) is 49.0 Å². The lowest BCUT2D eigenvalue weighted by atomic mass is 9.53. The molecule has 10 nitrogen and oxygen atoms in total. The van der Waals surface area contributed by atoms with Crippen molar-refractivity contribution in [1.82, 2.24) is 20.0 Å². The zero-order valence-electron chi connectivity index (χ0n) is 15.6. The highest BCUT2D eigenvalue weighted by molar-refractivity contribution is 6.10. The van der Waals surface area contributed by atoms with Crippen LogP contribution in [-0.4, -0.2) is 51.0 Å². The van der Waals surface area contributed by atoms with Crippen molar-refractivity contribution >= 4 is 23.5 Å². The van der Waals surface area contributed by atoms with Crippen molar-refractivity contribution in [2.45, 2.75) is 44.1 Å². The molecule has 6 rings (SSSR count). The van der Waals surface area contributed by atoms with Crippen LogP contribution in [-0.2, 0) is 10.3 Å². The smallest absolute Gasteiger partial charge is 0.320 e. The molecule has 1 aromatic rings. The molecule has 0 atom stereocenters. The van der Waals surface area contributed by atoms with Crippen molar-refractivity contribution in [1.29, 1.82) is 0 Å². The molecule has 2 amide bonds. The summed E-state index contributed by atoms with van der Waals surface area (Å²) in [5.41, 5.74) is -0.802. The van der Waals surface area contributed by atoms with E-state index in [0.29, 0.717) is 17.8 Å². The lowest BCUT2D eigenvalue weighted by Crippen LogP contribution is -2.52. The highest BCUT2D eigenvalue weighted by atomic mass is 16.6. The first-order valence-corrected chi connectivity index (χ1v) is 9.71. The van der Waals surface area contributed by atoms with E-state index in [9.17, 15) is 19.7 Å². The third kappa shape index (κ3) is 2.61. The van der Waals surface area contributed by atoms with Gasteiger partial charge in [0.15, 0.2) is 0 Å². The highest BCUT2D eigenvalue weighted by Gasteiger charge is 2.53. The summed E-state index contributed by atoms with van der Waals surface area (Å²) in [5, 5.41) is 18.5. The Hall–Kier alpha value is -2.78. The van der Waals surface area contributed by atoms with Crippen LogP contribution in [0.5, 0.6) is 0 Å². The molecule has 10 heteroatoms. The number of aromatic nitrogens is 2. The molecular weight excluding hydrogens is 364 g/mol. The third-order valence-electron chi connectivity index (χ3n) is 6.79. The van der Waals surface area contributed by atoms with Crippen LogP contribution < -0.4 is 5.32 Å². The van der Waals surface area contributed by atoms with E-state index >= 15 is 0 Å². The quantitative estimate of drug-likeness (QED) is 0.616. The predicted octanol–water partition coefficient (Wildman–Crippen LogP) is 1.27. The van der Waals surface area contributed by atoms with E-state index in [-0.39, 0.29) is 35.3 Å². The number of carbonyl (C=O) groups excluding carboxylic acids is 2. The van der Waals surface area contributed by atoms with E-state index < -0.39 is 10.8 Å². The third-order valence-corrected chi connectivity index (χ3v) is 6.79. The van der Waals surface area contributed by atoms with Gasteiger partial charge in [-0.3, -0.25) is 29.7 Å². The summed E-state index contributed by atoms with van der Waals surface area (Å²) < 4.78 is 1.69. The van der Waals surface area contributed by atoms with Crippen molar-refractivity contribution in [3.8, 4) is 0 Å². The van der Waals surface area contributed by atoms with Crippen molar-refractivity contribution in [2.24, 2.45) is 22.7 Å². The maximum Gasteiger partial charge on any atom is 0.320 e. The van der Waals surface area contributed by atoms with Crippen molar-refractivity contribution < 1.29 is 14.5 Å². The summed E-state index contributed by atoms with van der Waals surface area (Å²) in [5.74, 6) is 0.958. The molecule has 28 heavy (non-hydrogen) atoms. The van der Waals surface area contributed by atoms with Crippen LogP contribution in [0.25, 0.3) is 0 Å². The van der Waals surface area contributed by atoms with Gasteiger partial charge in [0, 0.05) is 7.05 Å². The van der Waals surface area contributed by atoms with E-state index in [1.54, 1.807) is 11.7 Å². The summed E-state index contributed by atoms with van der Waals surface area (Å²) >= 11 is 0. The van der Waals surface area contributed by atoms with Crippen molar-refractivity contribution in [3.05, 3.63) is 22.0 Å². The SMILES string of the molecule is CN1CC(=O)NC1=NC(=O)c1nn(C23CC4CC(CC(C4)C2)C3)cc1[N+](=O)[O-]. The van der Waals surface area contributed by atoms with Gasteiger partial charge < -0.3 is 4.90 Å². The van der Waals surface area contributed by atoms with Gasteiger partial charge in [0.1, 0.15) is 6.20 Å². The number of amides is 2. The normalized spacial score (nSPS) is 34.9. The van der Waals surface area contributed by atoms with E-state index in [1.165, 1.54) is 30.4 Å². The Kier molecular flexibility index (Phi) is 3.62. The number of hydrogen-bond acceptors (Lipinski definition) is 5. The number of hydrogen-bond donors (Lipinski definition) is 1. The van der Waals surface area contributed by atoms with Gasteiger partial charge in [0.25, 0.3) is 0 Å². The van der Waals surface area contributed by atoms with E-state index in [4.69, 9.17) is 0 Å². The molecule has 1 aromatic heterocycles. The van der Waals surface area contributed by atoms with Gasteiger partial charge in [-0.2, -0.15) is 10.1 Å². The summed E-state index contributed by atoms with van der Waals surface area (Å²) in [6.07, 6.45) is 8.06. The Morgan fingerprint density at radius 2 is 1.89 bits per heavy atom. The number of rotatable bonds is 3. The molecule has 4 bridgehead atoms. The average molecular weight is 386 g/mol. The molecule has 2 heterocycles. The molecule has 5 aliphatic rings. The van der Waals surface area contributed by atoms with Crippen molar-refractivity contribution in [2.75, 3.05) is 13.6 Å². The Morgan fingerprint density at radius 3 is 2.39 bits per heavy atom.